The summed E-state index contributed by atoms with van der Waals surface area (Å²) in [6, 6.07) is 23.9. The van der Waals surface area contributed by atoms with E-state index in [1.807, 2.05) is 72.8 Å². The third-order valence-electron chi connectivity index (χ3n) is 7.11. The van der Waals surface area contributed by atoms with Crippen LogP contribution in [0.5, 0.6) is 0 Å². The minimum atomic E-state index is -0.0955. The summed E-state index contributed by atoms with van der Waals surface area (Å²) in [6.07, 6.45) is 5.14. The molecular formula is C32H34N8O2. The van der Waals surface area contributed by atoms with Crippen molar-refractivity contribution in [3.8, 4) is 11.1 Å². The van der Waals surface area contributed by atoms with Crippen LogP contribution < -0.4 is 10.6 Å². The van der Waals surface area contributed by atoms with Crippen LogP contribution in [0.25, 0.3) is 53.6 Å². The summed E-state index contributed by atoms with van der Waals surface area (Å²) in [6.45, 7) is 0.858. The molecule has 0 aliphatic rings. The van der Waals surface area contributed by atoms with Gasteiger partial charge in [-0.2, -0.15) is 0 Å². The molecule has 0 heterocycles. The van der Waals surface area contributed by atoms with Crippen molar-refractivity contribution in [2.75, 3.05) is 23.7 Å². The maximum Gasteiger partial charge on any atom is 0.224 e. The number of hydrogen-bond acceptors (Lipinski definition) is 4. The number of hydrogen-bond donors (Lipinski definition) is 2. The van der Waals surface area contributed by atoms with Gasteiger partial charge in [0.1, 0.15) is 0 Å². The van der Waals surface area contributed by atoms with E-state index < -0.39 is 0 Å². The Balaban J connectivity index is 1.67. The highest BCUT2D eigenvalue weighted by molar-refractivity contribution is 6.16. The number of unbranched alkanes of at least 4 members (excludes halogenated alkanes) is 4. The smallest absolute Gasteiger partial charge is 0.224 e. The molecule has 0 unspecified atom stereocenters. The zero-order chi connectivity index (χ0) is 29.6. The molecular weight excluding hydrogens is 528 g/mol. The van der Waals surface area contributed by atoms with Crippen LogP contribution >= 0.6 is 0 Å². The molecule has 0 saturated carbocycles. The molecule has 2 N–H and O–H groups in total. The Morgan fingerprint density at radius 1 is 0.571 bits per heavy atom. The van der Waals surface area contributed by atoms with E-state index in [0.29, 0.717) is 50.1 Å². The second-order valence-corrected chi connectivity index (χ2v) is 10.0. The second kappa shape index (κ2) is 15.7. The number of nitrogens with one attached hydrogen (secondary N) is 2. The Morgan fingerprint density at radius 2 is 1.00 bits per heavy atom. The van der Waals surface area contributed by atoms with Gasteiger partial charge in [0.2, 0.25) is 11.8 Å². The van der Waals surface area contributed by atoms with Crippen LogP contribution in [0.4, 0.5) is 11.4 Å². The molecule has 0 aromatic heterocycles. The van der Waals surface area contributed by atoms with Crippen molar-refractivity contribution >= 4 is 44.7 Å². The number of anilines is 2. The van der Waals surface area contributed by atoms with E-state index in [1.54, 1.807) is 0 Å². The zero-order valence-corrected chi connectivity index (χ0v) is 23.5. The first kappa shape index (κ1) is 29.9. The maximum atomic E-state index is 13.1. The molecule has 0 radical (unpaired) electrons. The molecule has 10 nitrogen and oxygen atoms in total. The summed E-state index contributed by atoms with van der Waals surface area (Å²) >= 11 is 0. The molecule has 0 spiro atoms. The van der Waals surface area contributed by atoms with Gasteiger partial charge in [-0.25, -0.2) is 0 Å². The Morgan fingerprint density at radius 3 is 1.43 bits per heavy atom. The number of benzene rings is 4. The minimum absolute atomic E-state index is 0.0955. The number of nitrogens with zero attached hydrogens (tertiary/aromatic N) is 6. The van der Waals surface area contributed by atoms with Gasteiger partial charge >= 0.3 is 0 Å². The zero-order valence-electron chi connectivity index (χ0n) is 23.5. The fraction of sp³-hybridized carbons (Fsp3) is 0.312. The highest BCUT2D eigenvalue weighted by Crippen LogP contribution is 2.43. The molecule has 4 rings (SSSR count). The van der Waals surface area contributed by atoms with Crippen molar-refractivity contribution in [1.82, 2.24) is 0 Å². The molecule has 0 aliphatic heterocycles. The molecule has 10 heteroatoms. The van der Waals surface area contributed by atoms with Gasteiger partial charge in [0.05, 0.1) is 0 Å². The van der Waals surface area contributed by atoms with E-state index >= 15 is 0 Å². The summed E-state index contributed by atoms with van der Waals surface area (Å²) in [7, 11) is 0. The van der Waals surface area contributed by atoms with Gasteiger partial charge in [0.25, 0.3) is 0 Å². The first-order valence-electron chi connectivity index (χ1n) is 14.3. The van der Waals surface area contributed by atoms with Crippen molar-refractivity contribution in [3.05, 3.63) is 93.7 Å². The number of carbonyl (C=O) groups excluding carboxylic acids is 2. The standard InChI is InChI=1S/C32H34N8O2/c33-39-35-21-9-1-3-15-29(41)37-27-19-17-23-11-5-7-13-25(23)31(27)32-26-14-8-6-12-24(26)18-20-28(32)38-30(42)16-4-2-10-22-36-40-34/h5-8,11-14,17-20H,1-4,9-10,15-16,21-22H2,(H,37,41)(H,38,42). The third-order valence-corrected chi connectivity index (χ3v) is 7.11. The topological polar surface area (TPSA) is 156 Å². The number of fused-ring (bicyclic) bond motifs is 2. The molecule has 0 saturated heterocycles. The molecule has 0 atom stereocenters. The van der Waals surface area contributed by atoms with E-state index in [1.165, 1.54) is 0 Å². The lowest BCUT2D eigenvalue weighted by molar-refractivity contribution is -0.117. The molecule has 0 aliphatic carbocycles. The largest absolute Gasteiger partial charge is 0.325 e. The van der Waals surface area contributed by atoms with Crippen molar-refractivity contribution in [2.45, 2.75) is 51.4 Å². The van der Waals surface area contributed by atoms with E-state index in [2.05, 4.69) is 30.7 Å². The van der Waals surface area contributed by atoms with Crippen molar-refractivity contribution in [3.63, 3.8) is 0 Å². The van der Waals surface area contributed by atoms with Gasteiger partial charge in [-0.05, 0) is 70.4 Å². The maximum absolute atomic E-state index is 13.1. The average molecular weight is 563 g/mol. The van der Waals surface area contributed by atoms with Crippen LogP contribution in [-0.2, 0) is 9.59 Å². The van der Waals surface area contributed by atoms with E-state index in [0.717, 1.165) is 58.4 Å². The Labute approximate surface area is 244 Å². The van der Waals surface area contributed by atoms with Crippen LogP contribution in [0.3, 0.4) is 0 Å². The second-order valence-electron chi connectivity index (χ2n) is 10.0. The first-order chi connectivity index (χ1) is 20.6. The summed E-state index contributed by atoms with van der Waals surface area (Å²) < 4.78 is 0. The lowest BCUT2D eigenvalue weighted by atomic mass is 9.90. The highest BCUT2D eigenvalue weighted by Gasteiger charge is 2.19. The van der Waals surface area contributed by atoms with Gasteiger partial charge in [-0.1, -0.05) is 83.7 Å². The lowest BCUT2D eigenvalue weighted by Crippen LogP contribution is -2.14. The van der Waals surface area contributed by atoms with Gasteiger partial charge in [-0.15, -0.1) is 0 Å². The normalized spacial score (nSPS) is 10.6. The average Bonchev–Trinajstić information content (AvgIpc) is 3.01. The van der Waals surface area contributed by atoms with Gasteiger partial charge in [0.15, 0.2) is 0 Å². The van der Waals surface area contributed by atoms with Crippen LogP contribution in [-0.4, -0.2) is 24.9 Å². The summed E-state index contributed by atoms with van der Waals surface area (Å²) in [4.78, 5) is 31.7. The van der Waals surface area contributed by atoms with Crippen LogP contribution in [0, 0.1) is 0 Å². The molecule has 4 aromatic carbocycles. The molecule has 2 amide bonds. The number of carbonyl (C=O) groups is 2. The number of rotatable bonds is 15. The molecule has 4 aromatic rings. The van der Waals surface area contributed by atoms with E-state index in [-0.39, 0.29) is 11.8 Å². The predicted molar refractivity (Wildman–Crippen MR) is 169 cm³/mol. The molecule has 214 valence electrons. The Hall–Kier alpha value is -5.04. The van der Waals surface area contributed by atoms with Crippen molar-refractivity contribution in [2.24, 2.45) is 10.2 Å². The minimum Gasteiger partial charge on any atom is -0.325 e. The van der Waals surface area contributed by atoms with Gasteiger partial charge in [0, 0.05) is 58.3 Å². The summed E-state index contributed by atoms with van der Waals surface area (Å²) in [5.41, 5.74) is 19.9. The lowest BCUT2D eigenvalue weighted by Gasteiger charge is -2.20. The fourth-order valence-corrected chi connectivity index (χ4v) is 5.09. The van der Waals surface area contributed by atoms with E-state index in [9.17, 15) is 9.59 Å². The number of amides is 2. The molecule has 42 heavy (non-hydrogen) atoms. The predicted octanol–water partition coefficient (Wildman–Crippen LogP) is 9.28. The molecule has 0 bridgehead atoms. The summed E-state index contributed by atoms with van der Waals surface area (Å²) in [5, 5.41) is 17.4. The summed E-state index contributed by atoms with van der Waals surface area (Å²) in [5.74, 6) is -0.191. The van der Waals surface area contributed by atoms with Gasteiger partial charge < -0.3 is 10.6 Å². The van der Waals surface area contributed by atoms with Crippen molar-refractivity contribution in [1.29, 1.82) is 0 Å². The molecule has 0 fully saturated rings. The number of azide groups is 2. The van der Waals surface area contributed by atoms with Gasteiger partial charge in [-0.3, -0.25) is 9.59 Å². The Kier molecular flexibility index (Phi) is 11.2. The quantitative estimate of drug-likeness (QED) is 0.0641. The van der Waals surface area contributed by atoms with Crippen LogP contribution in [0.1, 0.15) is 51.4 Å². The third kappa shape index (κ3) is 8.01. The first-order valence-corrected chi connectivity index (χ1v) is 14.3. The SMILES string of the molecule is [N-]=[N+]=NCCCCCC(=O)Nc1ccc2ccccc2c1-c1c(NC(=O)CCCCCN=[N+]=[N-])ccc2ccccc12. The fourth-order valence-electron chi connectivity index (χ4n) is 5.09. The monoisotopic (exact) mass is 562 g/mol. The van der Waals surface area contributed by atoms with Crippen LogP contribution in [0.2, 0.25) is 0 Å². The van der Waals surface area contributed by atoms with Crippen molar-refractivity contribution < 1.29 is 9.59 Å². The van der Waals surface area contributed by atoms with Crippen LogP contribution in [0.15, 0.2) is 83.0 Å². The highest BCUT2D eigenvalue weighted by atomic mass is 16.2. The van der Waals surface area contributed by atoms with E-state index in [4.69, 9.17) is 11.1 Å². The Bertz CT molecular complexity index is 1530.